The lowest BCUT2D eigenvalue weighted by molar-refractivity contribution is 0.0993. The number of pyridine rings is 1. The van der Waals surface area contributed by atoms with Crippen molar-refractivity contribution in [2.24, 2.45) is 0 Å². The fourth-order valence-corrected chi connectivity index (χ4v) is 2.90. The summed E-state index contributed by atoms with van der Waals surface area (Å²) in [7, 11) is 1.70. The Kier molecular flexibility index (Phi) is 5.78. The Hall–Kier alpha value is -3.47. The molecule has 148 valence electrons. The van der Waals surface area contributed by atoms with Gasteiger partial charge >= 0.3 is 0 Å². The van der Waals surface area contributed by atoms with Crippen molar-refractivity contribution in [3.63, 3.8) is 0 Å². The fraction of sp³-hybridized carbons (Fsp3) is 0.208. The van der Waals surface area contributed by atoms with Crippen LogP contribution in [0.3, 0.4) is 0 Å². The molecule has 0 bridgehead atoms. The number of amides is 2. The third-order valence-corrected chi connectivity index (χ3v) is 4.70. The molecule has 3 rings (SSSR count). The van der Waals surface area contributed by atoms with E-state index in [4.69, 9.17) is 0 Å². The molecule has 0 aliphatic heterocycles. The zero-order valence-corrected chi connectivity index (χ0v) is 17.1. The molecule has 0 saturated heterocycles. The number of aromatic nitrogens is 1. The third-order valence-electron chi connectivity index (χ3n) is 4.70. The number of anilines is 2. The van der Waals surface area contributed by atoms with E-state index in [1.54, 1.807) is 18.0 Å². The molecule has 0 fully saturated rings. The van der Waals surface area contributed by atoms with Crippen molar-refractivity contribution in [3.8, 4) is 0 Å². The summed E-state index contributed by atoms with van der Waals surface area (Å²) in [5.74, 6) is -0.562. The maximum atomic E-state index is 12.8. The summed E-state index contributed by atoms with van der Waals surface area (Å²) in [5, 5.41) is 2.84. The molecular formula is C24H25N3O2. The van der Waals surface area contributed by atoms with Gasteiger partial charge in [-0.25, -0.2) is 0 Å². The average Bonchev–Trinajstić information content (AvgIpc) is 2.73. The number of rotatable bonds is 4. The second kappa shape index (κ2) is 8.27. The first-order valence-corrected chi connectivity index (χ1v) is 9.47. The minimum absolute atomic E-state index is 0.0452. The summed E-state index contributed by atoms with van der Waals surface area (Å²) in [6, 6.07) is 20.2. The molecule has 1 N–H and O–H groups in total. The van der Waals surface area contributed by atoms with Gasteiger partial charge in [-0.3, -0.25) is 14.6 Å². The van der Waals surface area contributed by atoms with Crippen molar-refractivity contribution in [2.45, 2.75) is 26.2 Å². The zero-order valence-electron chi connectivity index (χ0n) is 17.1. The lowest BCUT2D eigenvalue weighted by atomic mass is 9.87. The minimum Gasteiger partial charge on any atom is -0.321 e. The molecule has 0 atom stereocenters. The Bertz CT molecular complexity index is 1010. The summed E-state index contributed by atoms with van der Waals surface area (Å²) >= 11 is 0. The summed E-state index contributed by atoms with van der Waals surface area (Å²) < 4.78 is 0. The zero-order chi connectivity index (χ0) is 21.0. The maximum Gasteiger partial charge on any atom is 0.274 e. The van der Waals surface area contributed by atoms with Crippen LogP contribution in [0.15, 0.2) is 72.9 Å². The smallest absolute Gasteiger partial charge is 0.274 e. The highest BCUT2D eigenvalue weighted by Crippen LogP contribution is 2.23. The number of nitrogens with zero attached hydrogens (tertiary/aromatic N) is 2. The molecule has 5 nitrogen and oxygen atoms in total. The van der Waals surface area contributed by atoms with Gasteiger partial charge in [0.1, 0.15) is 5.69 Å². The Morgan fingerprint density at radius 1 is 0.931 bits per heavy atom. The number of carbonyl (C=O) groups excluding carboxylic acids is 2. The van der Waals surface area contributed by atoms with Crippen LogP contribution in [0.2, 0.25) is 0 Å². The number of benzene rings is 2. The topological polar surface area (TPSA) is 62.3 Å². The van der Waals surface area contributed by atoms with Crippen molar-refractivity contribution >= 4 is 23.2 Å². The summed E-state index contributed by atoms with van der Waals surface area (Å²) in [4.78, 5) is 31.1. The standard InChI is InChI=1S/C24H25N3O2/c1-24(2,3)18-10-12-19(13-11-18)26-22(28)21-16-17(14-15-25-21)23(29)27(4)20-8-6-5-7-9-20/h5-16H,1-4H3,(H,26,28). The largest absolute Gasteiger partial charge is 0.321 e. The minimum atomic E-state index is -0.356. The summed E-state index contributed by atoms with van der Waals surface area (Å²) in [5.41, 5.74) is 3.29. The highest BCUT2D eigenvalue weighted by molar-refractivity contribution is 6.08. The molecular weight excluding hydrogens is 362 g/mol. The Morgan fingerprint density at radius 2 is 1.59 bits per heavy atom. The van der Waals surface area contributed by atoms with Gasteiger partial charge in [-0.05, 0) is 47.4 Å². The molecule has 0 aliphatic rings. The number of nitrogens with one attached hydrogen (secondary N) is 1. The molecule has 0 aliphatic carbocycles. The molecule has 0 radical (unpaired) electrons. The van der Waals surface area contributed by atoms with Crippen molar-refractivity contribution in [2.75, 3.05) is 17.3 Å². The van der Waals surface area contributed by atoms with E-state index in [1.165, 1.54) is 17.8 Å². The highest BCUT2D eigenvalue weighted by atomic mass is 16.2. The van der Waals surface area contributed by atoms with Gasteiger partial charge in [-0.2, -0.15) is 0 Å². The van der Waals surface area contributed by atoms with Crippen LogP contribution >= 0.6 is 0 Å². The lowest BCUT2D eigenvalue weighted by Crippen LogP contribution is -2.26. The average molecular weight is 387 g/mol. The molecule has 0 unspecified atom stereocenters. The first-order valence-electron chi connectivity index (χ1n) is 9.47. The van der Waals surface area contributed by atoms with Gasteiger partial charge < -0.3 is 10.2 Å². The van der Waals surface area contributed by atoms with Crippen LogP contribution in [0, 0.1) is 0 Å². The van der Waals surface area contributed by atoms with Crippen LogP contribution in [-0.4, -0.2) is 23.8 Å². The van der Waals surface area contributed by atoms with E-state index in [0.717, 1.165) is 5.69 Å². The van der Waals surface area contributed by atoms with Crippen LogP contribution in [0.25, 0.3) is 0 Å². The van der Waals surface area contributed by atoms with Gasteiger partial charge in [0, 0.05) is 30.2 Å². The summed E-state index contributed by atoms with van der Waals surface area (Å²) in [6.07, 6.45) is 1.48. The second-order valence-corrected chi connectivity index (χ2v) is 7.91. The third kappa shape index (κ3) is 4.88. The number of para-hydroxylation sites is 1. The summed E-state index contributed by atoms with van der Waals surface area (Å²) in [6.45, 7) is 6.42. The maximum absolute atomic E-state index is 12.8. The molecule has 1 aromatic heterocycles. The quantitative estimate of drug-likeness (QED) is 0.692. The van der Waals surface area contributed by atoms with E-state index < -0.39 is 0 Å². The van der Waals surface area contributed by atoms with Gasteiger partial charge in [0.25, 0.3) is 11.8 Å². The van der Waals surface area contributed by atoms with Crippen LogP contribution in [0.5, 0.6) is 0 Å². The fourth-order valence-electron chi connectivity index (χ4n) is 2.90. The molecule has 2 aromatic carbocycles. The van der Waals surface area contributed by atoms with Gasteiger partial charge in [0.05, 0.1) is 0 Å². The van der Waals surface area contributed by atoms with E-state index in [-0.39, 0.29) is 22.9 Å². The Balaban J connectivity index is 1.75. The predicted octanol–water partition coefficient (Wildman–Crippen LogP) is 4.91. The van der Waals surface area contributed by atoms with E-state index in [0.29, 0.717) is 11.3 Å². The second-order valence-electron chi connectivity index (χ2n) is 7.91. The SMILES string of the molecule is CN(C(=O)c1ccnc(C(=O)Nc2ccc(C(C)(C)C)cc2)c1)c1ccccc1. The van der Waals surface area contributed by atoms with Crippen LogP contribution in [-0.2, 0) is 5.41 Å². The van der Waals surface area contributed by atoms with E-state index in [1.807, 2.05) is 54.6 Å². The van der Waals surface area contributed by atoms with Gasteiger partial charge in [-0.1, -0.05) is 51.1 Å². The first kappa shape index (κ1) is 20.3. The van der Waals surface area contributed by atoms with Crippen LogP contribution in [0.1, 0.15) is 47.2 Å². The molecule has 3 aromatic rings. The number of hydrogen-bond acceptors (Lipinski definition) is 3. The lowest BCUT2D eigenvalue weighted by Gasteiger charge is -2.19. The van der Waals surface area contributed by atoms with Crippen molar-refractivity contribution < 1.29 is 9.59 Å². The molecule has 29 heavy (non-hydrogen) atoms. The molecule has 2 amide bonds. The normalized spacial score (nSPS) is 11.0. The van der Waals surface area contributed by atoms with Gasteiger partial charge in [-0.15, -0.1) is 0 Å². The number of hydrogen-bond donors (Lipinski definition) is 1. The molecule has 0 spiro atoms. The van der Waals surface area contributed by atoms with Crippen LogP contribution < -0.4 is 10.2 Å². The predicted molar refractivity (Wildman–Crippen MR) is 117 cm³/mol. The Labute approximate surface area is 171 Å². The van der Waals surface area contributed by atoms with E-state index in [9.17, 15) is 9.59 Å². The Morgan fingerprint density at radius 3 is 2.21 bits per heavy atom. The van der Waals surface area contributed by atoms with Crippen LogP contribution in [0.4, 0.5) is 11.4 Å². The van der Waals surface area contributed by atoms with E-state index in [2.05, 4.69) is 31.1 Å². The van der Waals surface area contributed by atoms with Crippen molar-refractivity contribution in [1.82, 2.24) is 4.98 Å². The van der Waals surface area contributed by atoms with Crippen molar-refractivity contribution in [3.05, 3.63) is 89.7 Å². The van der Waals surface area contributed by atoms with Crippen molar-refractivity contribution in [1.29, 1.82) is 0 Å². The highest BCUT2D eigenvalue weighted by Gasteiger charge is 2.17. The van der Waals surface area contributed by atoms with Gasteiger partial charge in [0.15, 0.2) is 0 Å². The van der Waals surface area contributed by atoms with E-state index >= 15 is 0 Å². The molecule has 1 heterocycles. The molecule has 0 saturated carbocycles. The first-order chi connectivity index (χ1) is 13.8. The number of carbonyl (C=O) groups is 2. The van der Waals surface area contributed by atoms with Gasteiger partial charge in [0.2, 0.25) is 0 Å². The molecule has 5 heteroatoms. The monoisotopic (exact) mass is 387 g/mol.